The molecule has 0 aliphatic carbocycles. The van der Waals surface area contributed by atoms with Crippen LogP contribution >= 0.6 is 0 Å². The lowest BCUT2D eigenvalue weighted by molar-refractivity contribution is -0.138. The molecule has 2 N–H and O–H groups in total. The molecule has 0 radical (unpaired) electrons. The predicted molar refractivity (Wildman–Crippen MR) is 174 cm³/mol. The van der Waals surface area contributed by atoms with Crippen molar-refractivity contribution in [1.82, 2.24) is 0 Å². The van der Waals surface area contributed by atoms with Crippen molar-refractivity contribution in [2.45, 2.75) is 181 Å². The largest absolute Gasteiger partial charge is 0.481 e. The van der Waals surface area contributed by atoms with Crippen LogP contribution in [0.1, 0.15) is 181 Å². The average Bonchev–Trinajstić information content (AvgIpc) is 2.93. The Kier molecular flexibility index (Phi) is 37.4. The fraction of sp³-hybridized carbons (Fsp3) is 0.778. The van der Waals surface area contributed by atoms with Crippen LogP contribution < -0.4 is 0 Å². The Bertz CT molecular complexity index is 606. The van der Waals surface area contributed by atoms with Gasteiger partial charge in [-0.15, -0.1) is 0 Å². The van der Waals surface area contributed by atoms with E-state index >= 15 is 0 Å². The first-order valence-electron chi connectivity index (χ1n) is 16.9. The summed E-state index contributed by atoms with van der Waals surface area (Å²) in [7, 11) is 0. The molecule has 0 amide bonds. The van der Waals surface area contributed by atoms with Gasteiger partial charge >= 0.3 is 11.9 Å². The Morgan fingerprint density at radius 3 is 1.05 bits per heavy atom. The van der Waals surface area contributed by atoms with Gasteiger partial charge in [0.25, 0.3) is 0 Å². The molecule has 0 spiro atoms. The summed E-state index contributed by atoms with van der Waals surface area (Å²) >= 11 is 0. The summed E-state index contributed by atoms with van der Waals surface area (Å²) in [6.45, 7) is 4.49. The second-order valence-corrected chi connectivity index (χ2v) is 11.1. The number of hydrogen-bond acceptors (Lipinski definition) is 2. The first-order valence-corrected chi connectivity index (χ1v) is 16.9. The van der Waals surface area contributed by atoms with Crippen LogP contribution in [0, 0.1) is 0 Å². The predicted octanol–water partition coefficient (Wildman–Crippen LogP) is 12.0. The molecule has 0 bridgehead atoms. The van der Waals surface area contributed by atoms with E-state index in [1.807, 2.05) is 0 Å². The molecule has 0 aliphatic heterocycles. The van der Waals surface area contributed by atoms with Crippen LogP contribution in [0.25, 0.3) is 0 Å². The molecule has 0 unspecified atom stereocenters. The van der Waals surface area contributed by atoms with Crippen molar-refractivity contribution in [2.75, 3.05) is 0 Å². The highest BCUT2D eigenvalue weighted by Crippen LogP contribution is 2.10. The maximum atomic E-state index is 10.3. The fourth-order valence-corrected chi connectivity index (χ4v) is 4.43. The Morgan fingerprint density at radius 2 is 0.675 bits per heavy atom. The van der Waals surface area contributed by atoms with Crippen LogP contribution in [0.4, 0.5) is 0 Å². The van der Waals surface area contributed by atoms with Crippen LogP contribution in [0.15, 0.2) is 36.5 Å². The number of unbranched alkanes of at least 4 members (excludes halogenated alkanes) is 19. The zero-order valence-corrected chi connectivity index (χ0v) is 26.6. The summed E-state index contributed by atoms with van der Waals surface area (Å²) in [5.41, 5.74) is 0. The molecule has 0 aliphatic rings. The Hall–Kier alpha value is -1.84. The van der Waals surface area contributed by atoms with Crippen LogP contribution in [-0.2, 0) is 9.59 Å². The van der Waals surface area contributed by atoms with Gasteiger partial charge in [-0.3, -0.25) is 9.59 Å². The van der Waals surface area contributed by atoms with Crippen molar-refractivity contribution < 1.29 is 19.8 Å². The smallest absolute Gasteiger partial charge is 0.303 e. The fourth-order valence-electron chi connectivity index (χ4n) is 4.43. The van der Waals surface area contributed by atoms with Crippen LogP contribution in [0.5, 0.6) is 0 Å². The zero-order valence-electron chi connectivity index (χ0n) is 26.6. The second kappa shape index (κ2) is 37.2. The summed E-state index contributed by atoms with van der Waals surface area (Å²) in [6.07, 6.45) is 43.5. The molecule has 0 aromatic heterocycles. The van der Waals surface area contributed by atoms with Crippen molar-refractivity contribution in [3.05, 3.63) is 36.5 Å². The zero-order chi connectivity index (χ0) is 29.8. The standard InChI is InChI=1S/C18H34O2.C18H32O2/c2*1-2-3-4-5-6-7-8-9-10-11-12-13-14-15-16-17-18(19)20/h9-10H,2-8,11-17H2,1H3,(H,19,20);6-7,9-10H,2-5,8,11-17H2,1H3,(H,19,20)/b10-9-;. The molecule has 0 aromatic carbocycles. The quantitative estimate of drug-likeness (QED) is 0.0702. The number of carboxylic acid groups (broad SMARTS) is 2. The number of hydrogen-bond donors (Lipinski definition) is 2. The van der Waals surface area contributed by atoms with Gasteiger partial charge in [-0.25, -0.2) is 0 Å². The van der Waals surface area contributed by atoms with E-state index in [1.165, 1.54) is 116 Å². The summed E-state index contributed by atoms with van der Waals surface area (Å²) < 4.78 is 0. The molecule has 234 valence electrons. The lowest BCUT2D eigenvalue weighted by Gasteiger charge is -1.99. The van der Waals surface area contributed by atoms with Crippen LogP contribution in [0.3, 0.4) is 0 Å². The maximum absolute atomic E-state index is 10.3. The maximum Gasteiger partial charge on any atom is 0.303 e. The van der Waals surface area contributed by atoms with Crippen molar-refractivity contribution in [3.63, 3.8) is 0 Å². The Labute approximate surface area is 248 Å². The van der Waals surface area contributed by atoms with E-state index in [0.29, 0.717) is 12.8 Å². The molecule has 0 fully saturated rings. The summed E-state index contributed by atoms with van der Waals surface area (Å²) in [5.74, 6) is -1.33. The van der Waals surface area contributed by atoms with E-state index in [0.717, 1.165) is 38.5 Å². The minimum atomic E-state index is -0.671. The van der Waals surface area contributed by atoms with Gasteiger partial charge in [-0.1, -0.05) is 134 Å². The van der Waals surface area contributed by atoms with Gasteiger partial charge in [0.15, 0.2) is 0 Å². The van der Waals surface area contributed by atoms with Gasteiger partial charge in [0.2, 0.25) is 0 Å². The van der Waals surface area contributed by atoms with Crippen LogP contribution in [0.2, 0.25) is 0 Å². The lowest BCUT2D eigenvalue weighted by atomic mass is 10.1. The van der Waals surface area contributed by atoms with Gasteiger partial charge in [0, 0.05) is 12.8 Å². The van der Waals surface area contributed by atoms with E-state index in [4.69, 9.17) is 10.2 Å². The van der Waals surface area contributed by atoms with Gasteiger partial charge < -0.3 is 10.2 Å². The van der Waals surface area contributed by atoms with Gasteiger partial charge in [0.05, 0.1) is 0 Å². The van der Waals surface area contributed by atoms with Crippen molar-refractivity contribution in [2.24, 2.45) is 0 Å². The van der Waals surface area contributed by atoms with Gasteiger partial charge in [0.1, 0.15) is 0 Å². The molecule has 0 saturated carbocycles. The third-order valence-electron chi connectivity index (χ3n) is 6.99. The van der Waals surface area contributed by atoms with Gasteiger partial charge in [-0.05, 0) is 70.6 Å². The van der Waals surface area contributed by atoms with Gasteiger partial charge in [-0.2, -0.15) is 0 Å². The highest BCUT2D eigenvalue weighted by atomic mass is 16.4. The highest BCUT2D eigenvalue weighted by molar-refractivity contribution is 5.66. The third kappa shape index (κ3) is 43.2. The van der Waals surface area contributed by atoms with Crippen molar-refractivity contribution >= 4 is 11.9 Å². The Morgan fingerprint density at radius 1 is 0.400 bits per heavy atom. The number of aliphatic carboxylic acids is 2. The summed E-state index contributed by atoms with van der Waals surface area (Å²) in [4.78, 5) is 20.6. The molecule has 0 saturated heterocycles. The molecule has 4 heteroatoms. The molecule has 4 nitrogen and oxygen atoms in total. The van der Waals surface area contributed by atoms with Crippen molar-refractivity contribution in [1.29, 1.82) is 0 Å². The molecule has 0 aromatic rings. The normalized spacial score (nSPS) is 11.4. The number of carbonyl (C=O) groups is 2. The second-order valence-electron chi connectivity index (χ2n) is 11.1. The number of allylic oxidation sites excluding steroid dienone is 6. The Balaban J connectivity index is 0. The molecule has 0 atom stereocenters. The minimum Gasteiger partial charge on any atom is -0.481 e. The molecule has 0 rings (SSSR count). The summed E-state index contributed by atoms with van der Waals surface area (Å²) in [5, 5.41) is 17.0. The van der Waals surface area contributed by atoms with E-state index in [-0.39, 0.29) is 0 Å². The summed E-state index contributed by atoms with van der Waals surface area (Å²) in [6, 6.07) is 0. The van der Waals surface area contributed by atoms with E-state index < -0.39 is 11.9 Å². The minimum absolute atomic E-state index is 0.324. The molecular weight excluding hydrogens is 496 g/mol. The SMILES string of the molecule is CCCCCC=CCC=CCCCCCCCC(=O)O.CCCCCCCC/C=C\CCCCCCCC(=O)O. The molecular formula is C36H66O4. The highest BCUT2D eigenvalue weighted by Gasteiger charge is 1.97. The first-order chi connectivity index (χ1) is 19.5. The lowest BCUT2D eigenvalue weighted by Crippen LogP contribution is -1.93. The molecule has 0 heterocycles. The monoisotopic (exact) mass is 562 g/mol. The van der Waals surface area contributed by atoms with E-state index in [9.17, 15) is 9.59 Å². The van der Waals surface area contributed by atoms with Crippen LogP contribution in [-0.4, -0.2) is 22.2 Å². The number of rotatable bonds is 29. The average molecular weight is 563 g/mol. The van der Waals surface area contributed by atoms with E-state index in [2.05, 4.69) is 50.3 Å². The van der Waals surface area contributed by atoms with E-state index in [1.54, 1.807) is 0 Å². The topological polar surface area (TPSA) is 74.6 Å². The third-order valence-corrected chi connectivity index (χ3v) is 6.99. The van der Waals surface area contributed by atoms with Crippen molar-refractivity contribution in [3.8, 4) is 0 Å². The first kappa shape index (κ1) is 40.3. The number of carboxylic acids is 2. The molecule has 40 heavy (non-hydrogen) atoms.